The standard InChI is InChI=1S/C16H21N3OS.ClH/c1-4-5-13(17)15(20)19-16-18-14(11(3)21-16)12-8-6-10(2)7-9-12;/h6-9,13H,4-5,17H2,1-3H3,(H,18,19,20);1H. The second kappa shape index (κ2) is 8.27. The first-order valence-electron chi connectivity index (χ1n) is 7.12. The molecule has 1 aromatic heterocycles. The maximum absolute atomic E-state index is 11.9. The molecule has 1 unspecified atom stereocenters. The summed E-state index contributed by atoms with van der Waals surface area (Å²) in [4.78, 5) is 17.5. The summed E-state index contributed by atoms with van der Waals surface area (Å²) in [6.45, 7) is 6.07. The van der Waals surface area contributed by atoms with Crippen molar-refractivity contribution in [2.75, 3.05) is 5.32 Å². The third-order valence-electron chi connectivity index (χ3n) is 3.29. The van der Waals surface area contributed by atoms with Crippen LogP contribution >= 0.6 is 23.7 Å². The van der Waals surface area contributed by atoms with Gasteiger partial charge in [0.25, 0.3) is 0 Å². The molecule has 0 aliphatic carbocycles. The highest BCUT2D eigenvalue weighted by Gasteiger charge is 2.16. The van der Waals surface area contributed by atoms with Crippen LogP contribution in [0.15, 0.2) is 24.3 Å². The van der Waals surface area contributed by atoms with Gasteiger partial charge in [0.1, 0.15) is 0 Å². The Morgan fingerprint density at radius 2 is 1.95 bits per heavy atom. The van der Waals surface area contributed by atoms with Gasteiger partial charge < -0.3 is 11.1 Å². The molecule has 0 spiro atoms. The predicted molar refractivity (Wildman–Crippen MR) is 95.8 cm³/mol. The number of halogens is 1. The minimum absolute atomic E-state index is 0. The van der Waals surface area contributed by atoms with Crippen LogP contribution in [0.3, 0.4) is 0 Å². The second-order valence-corrected chi connectivity index (χ2v) is 6.38. The molecule has 0 fully saturated rings. The zero-order chi connectivity index (χ0) is 15.4. The van der Waals surface area contributed by atoms with Gasteiger partial charge in [-0.1, -0.05) is 43.2 Å². The number of aryl methyl sites for hydroxylation is 2. The van der Waals surface area contributed by atoms with Crippen molar-refractivity contribution in [3.05, 3.63) is 34.7 Å². The van der Waals surface area contributed by atoms with Crippen LogP contribution in [0.2, 0.25) is 0 Å². The molecule has 1 amide bonds. The van der Waals surface area contributed by atoms with E-state index in [4.69, 9.17) is 5.73 Å². The summed E-state index contributed by atoms with van der Waals surface area (Å²) in [6, 6.07) is 7.74. The van der Waals surface area contributed by atoms with Crippen molar-refractivity contribution in [2.45, 2.75) is 39.7 Å². The van der Waals surface area contributed by atoms with E-state index in [0.29, 0.717) is 11.6 Å². The Hall–Kier alpha value is -1.43. The van der Waals surface area contributed by atoms with E-state index in [1.807, 2.05) is 26.0 Å². The zero-order valence-corrected chi connectivity index (χ0v) is 14.7. The lowest BCUT2D eigenvalue weighted by Crippen LogP contribution is -2.35. The van der Waals surface area contributed by atoms with Crippen molar-refractivity contribution < 1.29 is 4.79 Å². The maximum Gasteiger partial charge on any atom is 0.243 e. The summed E-state index contributed by atoms with van der Waals surface area (Å²) in [5, 5.41) is 3.42. The number of rotatable bonds is 5. The van der Waals surface area contributed by atoms with Crippen molar-refractivity contribution in [1.82, 2.24) is 4.98 Å². The van der Waals surface area contributed by atoms with E-state index in [-0.39, 0.29) is 18.3 Å². The molecule has 6 heteroatoms. The molecule has 2 aromatic rings. The van der Waals surface area contributed by atoms with E-state index in [9.17, 15) is 4.79 Å². The lowest BCUT2D eigenvalue weighted by Gasteiger charge is -2.08. The summed E-state index contributed by atoms with van der Waals surface area (Å²) in [7, 11) is 0. The molecule has 22 heavy (non-hydrogen) atoms. The number of carbonyl (C=O) groups is 1. The summed E-state index contributed by atoms with van der Waals surface area (Å²) in [5.74, 6) is -0.166. The Morgan fingerprint density at radius 3 is 2.55 bits per heavy atom. The quantitative estimate of drug-likeness (QED) is 0.867. The van der Waals surface area contributed by atoms with Gasteiger partial charge in [-0.25, -0.2) is 4.98 Å². The Balaban J connectivity index is 0.00000242. The van der Waals surface area contributed by atoms with Crippen LogP contribution in [0.4, 0.5) is 5.13 Å². The number of nitrogens with two attached hydrogens (primary N) is 1. The number of nitrogens with one attached hydrogen (secondary N) is 1. The van der Waals surface area contributed by atoms with E-state index in [0.717, 1.165) is 22.6 Å². The fourth-order valence-corrected chi connectivity index (χ4v) is 2.91. The van der Waals surface area contributed by atoms with Gasteiger partial charge in [0.2, 0.25) is 5.91 Å². The van der Waals surface area contributed by atoms with Gasteiger partial charge in [-0.15, -0.1) is 23.7 Å². The number of aromatic nitrogens is 1. The summed E-state index contributed by atoms with van der Waals surface area (Å²) < 4.78 is 0. The van der Waals surface area contributed by atoms with E-state index in [2.05, 4.69) is 29.4 Å². The van der Waals surface area contributed by atoms with Gasteiger partial charge in [-0.2, -0.15) is 0 Å². The van der Waals surface area contributed by atoms with E-state index >= 15 is 0 Å². The Kier molecular flexibility index (Phi) is 7.00. The molecule has 0 radical (unpaired) electrons. The average Bonchev–Trinajstić information content (AvgIpc) is 2.80. The molecule has 0 saturated heterocycles. The number of carbonyl (C=O) groups excluding carboxylic acids is 1. The van der Waals surface area contributed by atoms with Gasteiger partial charge in [0, 0.05) is 10.4 Å². The predicted octanol–water partition coefficient (Wildman–Crippen LogP) is 3.91. The maximum atomic E-state index is 11.9. The molecule has 1 aromatic carbocycles. The molecular formula is C16H22ClN3OS. The molecule has 3 N–H and O–H groups in total. The van der Waals surface area contributed by atoms with Crippen LogP contribution in [0, 0.1) is 13.8 Å². The molecule has 0 aliphatic rings. The zero-order valence-electron chi connectivity index (χ0n) is 13.1. The van der Waals surface area contributed by atoms with Gasteiger partial charge in [0.15, 0.2) is 5.13 Å². The number of nitrogens with zero attached hydrogens (tertiary/aromatic N) is 1. The highest BCUT2D eigenvalue weighted by Crippen LogP contribution is 2.30. The van der Waals surface area contributed by atoms with Gasteiger partial charge in [-0.3, -0.25) is 4.79 Å². The minimum atomic E-state index is -0.470. The number of thiazole rings is 1. The Morgan fingerprint density at radius 1 is 1.32 bits per heavy atom. The lowest BCUT2D eigenvalue weighted by atomic mass is 10.1. The van der Waals surface area contributed by atoms with Crippen molar-refractivity contribution in [1.29, 1.82) is 0 Å². The lowest BCUT2D eigenvalue weighted by molar-refractivity contribution is -0.117. The smallest absolute Gasteiger partial charge is 0.243 e. The van der Waals surface area contributed by atoms with Crippen LogP contribution < -0.4 is 11.1 Å². The van der Waals surface area contributed by atoms with Crippen LogP contribution in [0.1, 0.15) is 30.2 Å². The number of hydrogen-bond donors (Lipinski definition) is 2. The van der Waals surface area contributed by atoms with Crippen LogP contribution in [0.5, 0.6) is 0 Å². The first-order chi connectivity index (χ1) is 10.0. The minimum Gasteiger partial charge on any atom is -0.320 e. The molecule has 4 nitrogen and oxygen atoms in total. The molecule has 0 saturated carbocycles. The van der Waals surface area contributed by atoms with Gasteiger partial charge >= 0.3 is 0 Å². The van der Waals surface area contributed by atoms with Crippen LogP contribution in [-0.4, -0.2) is 16.9 Å². The monoisotopic (exact) mass is 339 g/mol. The largest absolute Gasteiger partial charge is 0.320 e. The molecule has 0 aliphatic heterocycles. The molecule has 2 rings (SSSR count). The summed E-state index contributed by atoms with van der Waals surface area (Å²) in [5.41, 5.74) is 9.01. The van der Waals surface area contributed by atoms with Crippen molar-refractivity contribution >= 4 is 34.8 Å². The number of hydrogen-bond acceptors (Lipinski definition) is 4. The van der Waals surface area contributed by atoms with Crippen molar-refractivity contribution in [3.63, 3.8) is 0 Å². The first kappa shape index (κ1) is 18.6. The molecule has 0 bridgehead atoms. The Bertz CT molecular complexity index is 625. The first-order valence-corrected chi connectivity index (χ1v) is 7.93. The van der Waals surface area contributed by atoms with Crippen molar-refractivity contribution in [3.8, 4) is 11.3 Å². The fraction of sp³-hybridized carbons (Fsp3) is 0.375. The molecule has 1 atom stereocenters. The normalized spacial score (nSPS) is 11.6. The van der Waals surface area contributed by atoms with E-state index < -0.39 is 6.04 Å². The summed E-state index contributed by atoms with van der Waals surface area (Å²) >= 11 is 1.48. The number of amides is 1. The highest BCUT2D eigenvalue weighted by molar-refractivity contribution is 7.16. The highest BCUT2D eigenvalue weighted by atomic mass is 35.5. The molecule has 1 heterocycles. The van der Waals surface area contributed by atoms with E-state index in [1.54, 1.807) is 0 Å². The Labute approximate surface area is 141 Å². The second-order valence-electron chi connectivity index (χ2n) is 5.17. The molecule has 120 valence electrons. The summed E-state index contributed by atoms with van der Waals surface area (Å²) in [6.07, 6.45) is 1.57. The third kappa shape index (κ3) is 4.53. The van der Waals surface area contributed by atoms with Gasteiger partial charge in [-0.05, 0) is 20.3 Å². The number of anilines is 1. The SMILES string of the molecule is CCCC(N)C(=O)Nc1nc(-c2ccc(C)cc2)c(C)s1.Cl. The van der Waals surface area contributed by atoms with Crippen molar-refractivity contribution in [2.24, 2.45) is 5.73 Å². The molecular weight excluding hydrogens is 318 g/mol. The fourth-order valence-electron chi connectivity index (χ4n) is 2.07. The van der Waals surface area contributed by atoms with Crippen LogP contribution in [-0.2, 0) is 4.79 Å². The number of benzene rings is 1. The third-order valence-corrected chi connectivity index (χ3v) is 4.17. The topological polar surface area (TPSA) is 68.0 Å². The van der Waals surface area contributed by atoms with Crippen LogP contribution in [0.25, 0.3) is 11.3 Å². The average molecular weight is 340 g/mol. The van der Waals surface area contributed by atoms with Gasteiger partial charge in [0.05, 0.1) is 11.7 Å². The van der Waals surface area contributed by atoms with E-state index in [1.165, 1.54) is 16.9 Å².